The third kappa shape index (κ3) is 2.84. The average molecular weight is 242 g/mol. The van der Waals surface area contributed by atoms with Crippen molar-refractivity contribution in [2.75, 3.05) is 36.2 Å². The molecule has 5 heteroatoms. The minimum absolute atomic E-state index is 0.841. The van der Waals surface area contributed by atoms with E-state index < -0.39 is 0 Å². The Kier molecular flexibility index (Phi) is 4.99. The molecule has 0 aliphatic carbocycles. The van der Waals surface area contributed by atoms with Crippen molar-refractivity contribution < 1.29 is 0 Å². The highest BCUT2D eigenvalue weighted by molar-refractivity contribution is 7.98. The van der Waals surface area contributed by atoms with Gasteiger partial charge in [0.25, 0.3) is 0 Å². The Balaban J connectivity index is 2.86. The summed E-state index contributed by atoms with van der Waals surface area (Å²) in [6, 6.07) is 0. The van der Waals surface area contributed by atoms with E-state index in [9.17, 15) is 0 Å². The number of nitrogen functional groups attached to an aromatic ring is 1. The van der Waals surface area contributed by atoms with Gasteiger partial charge < -0.3 is 10.6 Å². The smallest absolute Gasteiger partial charge is 0.150 e. The lowest BCUT2D eigenvalue weighted by atomic mass is 10.2. The number of hydrogen-bond acceptors (Lipinski definition) is 4. The molecule has 0 aliphatic rings. The molecule has 1 heterocycles. The number of aromatic nitrogens is 2. The Morgan fingerprint density at radius 3 is 2.75 bits per heavy atom. The minimum atomic E-state index is 0.841. The molecule has 1 aromatic rings. The molecule has 92 valence electrons. The topological polar surface area (TPSA) is 47.1 Å². The van der Waals surface area contributed by atoms with Gasteiger partial charge in [-0.2, -0.15) is 16.9 Å². The Morgan fingerprint density at radius 2 is 2.19 bits per heavy atom. The van der Waals surface area contributed by atoms with Crippen molar-refractivity contribution in [3.63, 3.8) is 0 Å². The van der Waals surface area contributed by atoms with Gasteiger partial charge in [-0.3, -0.25) is 4.68 Å². The summed E-state index contributed by atoms with van der Waals surface area (Å²) in [5.74, 6) is 2.14. The van der Waals surface area contributed by atoms with Crippen LogP contribution in [0.4, 0.5) is 11.5 Å². The minimum Gasteiger partial charge on any atom is -0.394 e. The molecule has 0 atom stereocenters. The first-order valence-electron chi connectivity index (χ1n) is 5.63. The van der Waals surface area contributed by atoms with Crippen LogP contribution in [0.5, 0.6) is 0 Å². The van der Waals surface area contributed by atoms with Gasteiger partial charge >= 0.3 is 0 Å². The van der Waals surface area contributed by atoms with E-state index in [1.54, 1.807) is 0 Å². The fraction of sp³-hybridized carbons (Fsp3) is 0.727. The molecule has 4 nitrogen and oxygen atoms in total. The first-order valence-corrected chi connectivity index (χ1v) is 7.02. The van der Waals surface area contributed by atoms with Gasteiger partial charge in [-0.05, 0) is 12.7 Å². The second kappa shape index (κ2) is 6.03. The maximum absolute atomic E-state index is 6.13. The van der Waals surface area contributed by atoms with Gasteiger partial charge in [0.2, 0.25) is 0 Å². The van der Waals surface area contributed by atoms with Crippen LogP contribution in [-0.4, -0.2) is 35.4 Å². The summed E-state index contributed by atoms with van der Waals surface area (Å²) < 4.78 is 1.89. The van der Waals surface area contributed by atoms with Crippen molar-refractivity contribution in [3.05, 3.63) is 5.69 Å². The summed E-state index contributed by atoms with van der Waals surface area (Å²) in [6.07, 6.45) is 4.15. The molecule has 2 N–H and O–H groups in total. The van der Waals surface area contributed by atoms with Gasteiger partial charge in [-0.15, -0.1) is 0 Å². The molecule has 0 bridgehead atoms. The van der Waals surface area contributed by atoms with Crippen molar-refractivity contribution in [1.82, 2.24) is 9.78 Å². The van der Waals surface area contributed by atoms with Crippen LogP contribution in [-0.2, 0) is 13.5 Å². The highest BCUT2D eigenvalue weighted by Gasteiger charge is 2.15. The Morgan fingerprint density at radius 1 is 1.50 bits per heavy atom. The molecular formula is C11H22N4S. The van der Waals surface area contributed by atoms with E-state index in [1.807, 2.05) is 23.5 Å². The zero-order chi connectivity index (χ0) is 12.1. The SMILES string of the molecule is CCCc1nn(C)c(N(C)CCSC)c1N. The Bertz CT molecular complexity index is 335. The number of thioether (sulfide) groups is 1. The summed E-state index contributed by atoms with van der Waals surface area (Å²) >= 11 is 1.84. The van der Waals surface area contributed by atoms with Crippen LogP contribution in [0, 0.1) is 0 Å². The normalized spacial score (nSPS) is 10.8. The molecule has 0 fully saturated rings. The molecule has 1 rings (SSSR count). The molecule has 0 unspecified atom stereocenters. The lowest BCUT2D eigenvalue weighted by Gasteiger charge is -2.19. The number of anilines is 2. The molecule has 0 radical (unpaired) electrons. The van der Waals surface area contributed by atoms with E-state index in [0.717, 1.165) is 42.3 Å². The molecule has 0 saturated heterocycles. The van der Waals surface area contributed by atoms with Crippen molar-refractivity contribution in [3.8, 4) is 0 Å². The summed E-state index contributed by atoms with van der Waals surface area (Å²) in [4.78, 5) is 2.18. The van der Waals surface area contributed by atoms with Gasteiger partial charge in [-0.25, -0.2) is 0 Å². The second-order valence-corrected chi connectivity index (χ2v) is 4.96. The van der Waals surface area contributed by atoms with Crippen molar-refractivity contribution in [1.29, 1.82) is 0 Å². The fourth-order valence-corrected chi connectivity index (χ4v) is 2.25. The van der Waals surface area contributed by atoms with Gasteiger partial charge in [0, 0.05) is 26.4 Å². The van der Waals surface area contributed by atoms with Crippen LogP contribution >= 0.6 is 11.8 Å². The van der Waals surface area contributed by atoms with Gasteiger partial charge in [-0.1, -0.05) is 13.3 Å². The molecule has 0 aromatic carbocycles. The molecule has 1 aromatic heterocycles. The van der Waals surface area contributed by atoms with Gasteiger partial charge in [0.1, 0.15) is 5.82 Å². The third-order valence-corrected chi connectivity index (χ3v) is 3.20. The third-order valence-electron chi connectivity index (χ3n) is 2.61. The Labute approximate surface area is 102 Å². The number of rotatable bonds is 6. The lowest BCUT2D eigenvalue weighted by molar-refractivity contribution is 0.718. The summed E-state index contributed by atoms with van der Waals surface area (Å²) in [6.45, 7) is 3.14. The van der Waals surface area contributed by atoms with Crippen molar-refractivity contribution in [2.24, 2.45) is 7.05 Å². The fourth-order valence-electron chi connectivity index (χ4n) is 1.79. The first kappa shape index (κ1) is 13.2. The highest BCUT2D eigenvalue weighted by atomic mass is 32.2. The molecular weight excluding hydrogens is 220 g/mol. The number of aryl methyl sites for hydroxylation is 2. The highest BCUT2D eigenvalue weighted by Crippen LogP contribution is 2.26. The summed E-state index contributed by atoms with van der Waals surface area (Å²) in [5.41, 5.74) is 8.00. The van der Waals surface area contributed by atoms with Gasteiger partial charge in [0.15, 0.2) is 0 Å². The van der Waals surface area contributed by atoms with E-state index in [0.29, 0.717) is 0 Å². The summed E-state index contributed by atoms with van der Waals surface area (Å²) in [5, 5.41) is 4.47. The van der Waals surface area contributed by atoms with E-state index in [1.165, 1.54) is 0 Å². The van der Waals surface area contributed by atoms with E-state index in [2.05, 4.69) is 30.2 Å². The Hall–Kier alpha value is -0.840. The number of hydrogen-bond donors (Lipinski definition) is 1. The maximum Gasteiger partial charge on any atom is 0.150 e. The van der Waals surface area contributed by atoms with E-state index in [-0.39, 0.29) is 0 Å². The molecule has 16 heavy (non-hydrogen) atoms. The van der Waals surface area contributed by atoms with Crippen LogP contribution in [0.2, 0.25) is 0 Å². The van der Waals surface area contributed by atoms with Crippen LogP contribution in [0.3, 0.4) is 0 Å². The predicted octanol–water partition coefficient (Wildman–Crippen LogP) is 1.75. The van der Waals surface area contributed by atoms with Crippen LogP contribution in [0.15, 0.2) is 0 Å². The van der Waals surface area contributed by atoms with Crippen molar-refractivity contribution >= 4 is 23.3 Å². The molecule has 0 amide bonds. The standard InChI is InChI=1S/C11H22N4S/c1-5-6-9-10(12)11(15(3)13-9)14(2)7-8-16-4/h5-8,12H2,1-4H3. The lowest BCUT2D eigenvalue weighted by Crippen LogP contribution is -2.23. The average Bonchev–Trinajstić information content (AvgIpc) is 2.52. The quantitative estimate of drug-likeness (QED) is 0.825. The zero-order valence-corrected chi connectivity index (χ0v) is 11.5. The number of nitrogens with two attached hydrogens (primary N) is 1. The first-order chi connectivity index (χ1) is 7.61. The molecule has 0 aliphatic heterocycles. The van der Waals surface area contributed by atoms with Gasteiger partial charge in [0.05, 0.1) is 11.4 Å². The van der Waals surface area contributed by atoms with E-state index in [4.69, 9.17) is 5.73 Å². The van der Waals surface area contributed by atoms with E-state index >= 15 is 0 Å². The van der Waals surface area contributed by atoms with Crippen LogP contribution in [0.25, 0.3) is 0 Å². The maximum atomic E-state index is 6.13. The number of nitrogens with zero attached hydrogens (tertiary/aromatic N) is 3. The zero-order valence-electron chi connectivity index (χ0n) is 10.7. The van der Waals surface area contributed by atoms with Crippen molar-refractivity contribution in [2.45, 2.75) is 19.8 Å². The monoisotopic (exact) mass is 242 g/mol. The van der Waals surface area contributed by atoms with Crippen LogP contribution < -0.4 is 10.6 Å². The predicted molar refractivity (Wildman–Crippen MR) is 73.3 cm³/mol. The largest absolute Gasteiger partial charge is 0.394 e. The summed E-state index contributed by atoms with van der Waals surface area (Å²) in [7, 11) is 4.03. The molecule has 0 saturated carbocycles. The molecule has 0 spiro atoms. The van der Waals surface area contributed by atoms with Crippen LogP contribution in [0.1, 0.15) is 19.0 Å². The second-order valence-electron chi connectivity index (χ2n) is 3.97.